The molecule has 1 heterocycles. The number of aromatic amines is 1. The fourth-order valence-corrected chi connectivity index (χ4v) is 2.82. The number of para-hydroxylation sites is 2. The minimum absolute atomic E-state index is 0.0330. The van der Waals surface area contributed by atoms with Crippen molar-refractivity contribution in [3.8, 4) is 17.1 Å². The number of phenolic OH excluding ortho intramolecular Hbond substituents is 1. The number of non-ortho nitro benzene ring substituents is 1. The van der Waals surface area contributed by atoms with Crippen molar-refractivity contribution >= 4 is 33.8 Å². The Hall–Kier alpha value is -4.67. The van der Waals surface area contributed by atoms with Gasteiger partial charge in [0, 0.05) is 6.07 Å². The molecule has 30 heavy (non-hydrogen) atoms. The SMILES string of the molecule is O=[N+]([O-])c1ccc(N=Nc2ccc(O)c(-c3nc4ccccc4[nH]3)c2)c([N+](=O)[O-])c1. The molecule has 11 nitrogen and oxygen atoms in total. The highest BCUT2D eigenvalue weighted by molar-refractivity contribution is 5.81. The number of nitrogens with one attached hydrogen (secondary N) is 1. The number of fused-ring (bicyclic) bond motifs is 1. The second-order valence-electron chi connectivity index (χ2n) is 6.19. The highest BCUT2D eigenvalue weighted by atomic mass is 16.6. The molecule has 4 aromatic rings. The Morgan fingerprint density at radius 1 is 0.933 bits per heavy atom. The average Bonchev–Trinajstić information content (AvgIpc) is 3.16. The van der Waals surface area contributed by atoms with Crippen LogP contribution in [0.1, 0.15) is 0 Å². The lowest BCUT2D eigenvalue weighted by Gasteiger charge is -2.02. The molecule has 0 fully saturated rings. The summed E-state index contributed by atoms with van der Waals surface area (Å²) in [5.74, 6) is 0.390. The van der Waals surface area contributed by atoms with E-state index in [1.54, 1.807) is 0 Å². The van der Waals surface area contributed by atoms with Crippen molar-refractivity contribution in [1.82, 2.24) is 9.97 Å². The monoisotopic (exact) mass is 404 g/mol. The molecule has 0 aliphatic rings. The summed E-state index contributed by atoms with van der Waals surface area (Å²) in [5, 5.41) is 40.1. The van der Waals surface area contributed by atoms with Crippen LogP contribution in [0.15, 0.2) is 70.9 Å². The van der Waals surface area contributed by atoms with E-state index in [-0.39, 0.29) is 11.4 Å². The van der Waals surface area contributed by atoms with Gasteiger partial charge in [0.2, 0.25) is 0 Å². The van der Waals surface area contributed by atoms with Gasteiger partial charge in [-0.3, -0.25) is 20.2 Å². The van der Waals surface area contributed by atoms with Crippen molar-refractivity contribution in [2.75, 3.05) is 0 Å². The van der Waals surface area contributed by atoms with Gasteiger partial charge in [0.25, 0.3) is 5.69 Å². The minimum atomic E-state index is -0.766. The first-order valence-corrected chi connectivity index (χ1v) is 8.55. The van der Waals surface area contributed by atoms with Gasteiger partial charge in [0.05, 0.1) is 38.2 Å². The smallest absolute Gasteiger partial charge is 0.303 e. The summed E-state index contributed by atoms with van der Waals surface area (Å²) in [5.41, 5.74) is 1.10. The van der Waals surface area contributed by atoms with Crippen LogP contribution in [0, 0.1) is 20.2 Å². The van der Waals surface area contributed by atoms with Crippen LogP contribution in [0.5, 0.6) is 5.75 Å². The van der Waals surface area contributed by atoms with Gasteiger partial charge in [-0.2, -0.15) is 5.11 Å². The topological polar surface area (TPSA) is 160 Å². The summed E-state index contributed by atoms with van der Waals surface area (Å²) < 4.78 is 0. The molecule has 0 atom stereocenters. The molecule has 0 amide bonds. The van der Waals surface area contributed by atoms with Crippen LogP contribution in [0.4, 0.5) is 22.7 Å². The van der Waals surface area contributed by atoms with Gasteiger partial charge in [0.15, 0.2) is 5.69 Å². The molecule has 0 aliphatic carbocycles. The Labute approximate surface area is 167 Å². The molecule has 0 spiro atoms. The van der Waals surface area contributed by atoms with Gasteiger partial charge in [0.1, 0.15) is 11.6 Å². The Kier molecular flexibility index (Phi) is 4.60. The molecule has 0 aliphatic heterocycles. The number of benzene rings is 3. The molecule has 4 rings (SSSR count). The first kappa shape index (κ1) is 18.7. The van der Waals surface area contributed by atoms with Crippen LogP contribution in [0.3, 0.4) is 0 Å². The minimum Gasteiger partial charge on any atom is -0.507 e. The zero-order chi connectivity index (χ0) is 21.3. The number of rotatable bonds is 5. The summed E-state index contributed by atoms with van der Waals surface area (Å²) in [6, 6.07) is 14.9. The molecule has 0 saturated carbocycles. The molecular formula is C19H12N6O5. The van der Waals surface area contributed by atoms with E-state index in [9.17, 15) is 25.3 Å². The molecule has 0 radical (unpaired) electrons. The first-order valence-electron chi connectivity index (χ1n) is 8.55. The second kappa shape index (κ2) is 7.39. The van der Waals surface area contributed by atoms with Crippen LogP contribution in [-0.2, 0) is 0 Å². The van der Waals surface area contributed by atoms with Crippen molar-refractivity contribution in [1.29, 1.82) is 0 Å². The molecule has 11 heteroatoms. The van der Waals surface area contributed by atoms with Gasteiger partial charge in [-0.15, -0.1) is 5.11 Å². The summed E-state index contributed by atoms with van der Waals surface area (Å²) in [6.07, 6.45) is 0. The number of hydrogen-bond donors (Lipinski definition) is 2. The van der Waals surface area contributed by atoms with Gasteiger partial charge in [-0.1, -0.05) is 12.1 Å². The number of nitrogens with zero attached hydrogens (tertiary/aromatic N) is 5. The van der Waals surface area contributed by atoms with Crippen LogP contribution in [-0.4, -0.2) is 24.9 Å². The maximum Gasteiger partial charge on any atom is 0.303 e. The van der Waals surface area contributed by atoms with E-state index in [0.717, 1.165) is 29.2 Å². The Balaban J connectivity index is 1.71. The summed E-state index contributed by atoms with van der Waals surface area (Å²) in [6.45, 7) is 0. The van der Waals surface area contributed by atoms with Crippen molar-refractivity contribution < 1.29 is 15.0 Å². The molecule has 1 aromatic heterocycles. The normalized spacial score (nSPS) is 11.2. The van der Waals surface area contributed by atoms with E-state index in [4.69, 9.17) is 0 Å². The van der Waals surface area contributed by atoms with Crippen molar-refractivity contribution in [3.05, 3.63) is 80.9 Å². The van der Waals surface area contributed by atoms with Crippen molar-refractivity contribution in [2.24, 2.45) is 10.2 Å². The molecule has 2 N–H and O–H groups in total. The summed E-state index contributed by atoms with van der Waals surface area (Å²) >= 11 is 0. The Bertz CT molecular complexity index is 1300. The highest BCUT2D eigenvalue weighted by Crippen LogP contribution is 2.35. The molecule has 0 bridgehead atoms. The predicted molar refractivity (Wildman–Crippen MR) is 107 cm³/mol. The number of aromatic hydroxyl groups is 1. The fraction of sp³-hybridized carbons (Fsp3) is 0. The standard InChI is InChI=1S/C19H12N6O5/c26-18-8-5-11(9-13(18)19-20-14-3-1-2-4-15(14)21-19)22-23-16-7-6-12(24(27)28)10-17(16)25(29)30/h1-10,26H,(H,20,21). The number of imidazole rings is 1. The van der Waals surface area contributed by atoms with E-state index in [0.29, 0.717) is 17.1 Å². The highest BCUT2D eigenvalue weighted by Gasteiger charge is 2.19. The maximum atomic E-state index is 11.2. The lowest BCUT2D eigenvalue weighted by molar-refractivity contribution is -0.393. The van der Waals surface area contributed by atoms with E-state index in [2.05, 4.69) is 20.2 Å². The lowest BCUT2D eigenvalue weighted by Crippen LogP contribution is -1.92. The number of hydrogen-bond acceptors (Lipinski definition) is 8. The van der Waals surface area contributed by atoms with E-state index in [1.165, 1.54) is 18.2 Å². The van der Waals surface area contributed by atoms with Gasteiger partial charge in [-0.05, 0) is 36.4 Å². The fourth-order valence-electron chi connectivity index (χ4n) is 2.82. The molecule has 148 valence electrons. The number of nitro benzene ring substituents is 2. The molecule has 0 unspecified atom stereocenters. The molecule has 3 aromatic carbocycles. The van der Waals surface area contributed by atoms with Crippen LogP contribution in [0.2, 0.25) is 0 Å². The van der Waals surface area contributed by atoms with Crippen molar-refractivity contribution in [3.63, 3.8) is 0 Å². The zero-order valence-electron chi connectivity index (χ0n) is 15.1. The third kappa shape index (κ3) is 3.54. The number of azo groups is 1. The van der Waals surface area contributed by atoms with E-state index < -0.39 is 21.2 Å². The molecular weight excluding hydrogens is 392 g/mol. The van der Waals surface area contributed by atoms with E-state index >= 15 is 0 Å². The predicted octanol–water partition coefficient (Wildman–Crippen LogP) is 5.17. The van der Waals surface area contributed by atoms with Crippen LogP contribution < -0.4 is 0 Å². The molecule has 0 saturated heterocycles. The average molecular weight is 404 g/mol. The van der Waals surface area contributed by atoms with E-state index in [1.807, 2.05) is 24.3 Å². The van der Waals surface area contributed by atoms with Gasteiger partial charge < -0.3 is 10.1 Å². The van der Waals surface area contributed by atoms with Crippen molar-refractivity contribution in [2.45, 2.75) is 0 Å². The van der Waals surface area contributed by atoms with Crippen LogP contribution in [0.25, 0.3) is 22.4 Å². The third-order valence-electron chi connectivity index (χ3n) is 4.26. The third-order valence-corrected chi connectivity index (χ3v) is 4.26. The first-order chi connectivity index (χ1) is 14.4. The number of nitro groups is 2. The largest absolute Gasteiger partial charge is 0.507 e. The zero-order valence-corrected chi connectivity index (χ0v) is 15.1. The quantitative estimate of drug-likeness (QED) is 0.265. The Morgan fingerprint density at radius 3 is 2.47 bits per heavy atom. The lowest BCUT2D eigenvalue weighted by atomic mass is 10.1. The Morgan fingerprint density at radius 2 is 1.73 bits per heavy atom. The number of H-pyrrole nitrogens is 1. The van der Waals surface area contributed by atoms with Gasteiger partial charge >= 0.3 is 5.69 Å². The maximum absolute atomic E-state index is 11.2. The van der Waals surface area contributed by atoms with Gasteiger partial charge in [-0.25, -0.2) is 4.98 Å². The number of aromatic nitrogens is 2. The summed E-state index contributed by atoms with van der Waals surface area (Å²) in [7, 11) is 0. The van der Waals surface area contributed by atoms with Crippen LogP contribution >= 0.6 is 0 Å². The summed E-state index contributed by atoms with van der Waals surface area (Å²) in [4.78, 5) is 28.1. The second-order valence-corrected chi connectivity index (χ2v) is 6.19. The number of phenols is 1.